The van der Waals surface area contributed by atoms with Gasteiger partial charge < -0.3 is 9.64 Å². The highest BCUT2D eigenvalue weighted by atomic mass is 35.5. The molecule has 0 bridgehead atoms. The van der Waals surface area contributed by atoms with Crippen LogP contribution in [0.2, 0.25) is 5.15 Å². The molecule has 1 unspecified atom stereocenters. The van der Waals surface area contributed by atoms with Gasteiger partial charge in [0.1, 0.15) is 5.15 Å². The largest absolute Gasteiger partial charge is 0.376 e. The standard InChI is InChI=1S/C13H17ClN2O2/c1-2-16(9-11-4-3-7-18-11)13(17)10-5-6-12(14)15-8-10/h5-6,8,11H,2-4,7,9H2,1H3. The van der Waals surface area contributed by atoms with Crippen LogP contribution in [0.4, 0.5) is 0 Å². The maximum absolute atomic E-state index is 12.3. The first-order valence-corrected chi connectivity index (χ1v) is 6.61. The van der Waals surface area contributed by atoms with Crippen LogP contribution in [0.3, 0.4) is 0 Å². The van der Waals surface area contributed by atoms with Gasteiger partial charge in [0.2, 0.25) is 0 Å². The highest BCUT2D eigenvalue weighted by Crippen LogP contribution is 2.15. The van der Waals surface area contributed by atoms with E-state index in [1.807, 2.05) is 6.92 Å². The number of halogens is 1. The van der Waals surface area contributed by atoms with E-state index < -0.39 is 0 Å². The molecule has 0 saturated carbocycles. The summed E-state index contributed by atoms with van der Waals surface area (Å²) < 4.78 is 5.56. The molecule has 0 aliphatic carbocycles. The van der Waals surface area contributed by atoms with Gasteiger partial charge in [0.15, 0.2) is 0 Å². The molecule has 98 valence electrons. The molecule has 1 fully saturated rings. The summed E-state index contributed by atoms with van der Waals surface area (Å²) in [5.41, 5.74) is 0.569. The molecule has 4 nitrogen and oxygen atoms in total. The lowest BCUT2D eigenvalue weighted by atomic mass is 10.2. The summed E-state index contributed by atoms with van der Waals surface area (Å²) in [6, 6.07) is 3.34. The van der Waals surface area contributed by atoms with Crippen molar-refractivity contribution in [2.45, 2.75) is 25.9 Å². The average molecular weight is 269 g/mol. The van der Waals surface area contributed by atoms with E-state index in [0.29, 0.717) is 23.8 Å². The van der Waals surface area contributed by atoms with Crippen molar-refractivity contribution in [2.75, 3.05) is 19.7 Å². The Kier molecular flexibility index (Phi) is 4.55. The molecule has 18 heavy (non-hydrogen) atoms. The number of carbonyl (C=O) groups is 1. The van der Waals surface area contributed by atoms with Gasteiger partial charge in [-0.05, 0) is 31.9 Å². The van der Waals surface area contributed by atoms with Crippen LogP contribution in [0.25, 0.3) is 0 Å². The number of amides is 1. The van der Waals surface area contributed by atoms with E-state index in [2.05, 4.69) is 4.98 Å². The van der Waals surface area contributed by atoms with Crippen LogP contribution in [-0.2, 0) is 4.74 Å². The third-order valence-corrected chi connectivity index (χ3v) is 3.31. The summed E-state index contributed by atoms with van der Waals surface area (Å²) >= 11 is 5.71. The molecular formula is C13H17ClN2O2. The summed E-state index contributed by atoms with van der Waals surface area (Å²) in [5, 5.41) is 0.397. The Bertz CT molecular complexity index is 402. The SMILES string of the molecule is CCN(CC1CCCO1)C(=O)c1ccc(Cl)nc1. The quantitative estimate of drug-likeness (QED) is 0.788. The lowest BCUT2D eigenvalue weighted by Crippen LogP contribution is -2.37. The molecule has 1 aliphatic rings. The van der Waals surface area contributed by atoms with Crippen molar-refractivity contribution in [3.63, 3.8) is 0 Å². The zero-order chi connectivity index (χ0) is 13.0. The Morgan fingerprint density at radius 2 is 2.44 bits per heavy atom. The second-order valence-corrected chi connectivity index (χ2v) is 4.74. The second-order valence-electron chi connectivity index (χ2n) is 4.35. The average Bonchev–Trinajstić information content (AvgIpc) is 2.89. The van der Waals surface area contributed by atoms with Crippen LogP contribution in [0.5, 0.6) is 0 Å². The Balaban J connectivity index is 2.02. The van der Waals surface area contributed by atoms with Crippen molar-refractivity contribution in [3.05, 3.63) is 29.0 Å². The number of pyridine rings is 1. The van der Waals surface area contributed by atoms with Gasteiger partial charge in [-0.2, -0.15) is 0 Å². The zero-order valence-corrected chi connectivity index (χ0v) is 11.2. The van der Waals surface area contributed by atoms with E-state index in [1.54, 1.807) is 17.0 Å². The monoisotopic (exact) mass is 268 g/mol. The molecule has 2 heterocycles. The van der Waals surface area contributed by atoms with Gasteiger partial charge in [-0.15, -0.1) is 0 Å². The molecule has 0 spiro atoms. The van der Waals surface area contributed by atoms with Crippen molar-refractivity contribution in [2.24, 2.45) is 0 Å². The highest BCUT2D eigenvalue weighted by Gasteiger charge is 2.22. The number of hydrogen-bond acceptors (Lipinski definition) is 3. The molecule has 1 aromatic heterocycles. The van der Waals surface area contributed by atoms with Crippen molar-refractivity contribution in [1.82, 2.24) is 9.88 Å². The molecule has 0 aromatic carbocycles. The highest BCUT2D eigenvalue weighted by molar-refractivity contribution is 6.29. The number of likely N-dealkylation sites (N-methyl/N-ethyl adjacent to an activating group) is 1. The molecule has 2 rings (SSSR count). The number of rotatable bonds is 4. The van der Waals surface area contributed by atoms with Crippen molar-refractivity contribution >= 4 is 17.5 Å². The summed E-state index contributed by atoms with van der Waals surface area (Å²) in [5.74, 6) is -0.0165. The summed E-state index contributed by atoms with van der Waals surface area (Å²) in [7, 11) is 0. The molecule has 1 aliphatic heterocycles. The minimum Gasteiger partial charge on any atom is -0.376 e. The molecule has 0 radical (unpaired) electrons. The smallest absolute Gasteiger partial charge is 0.255 e. The lowest BCUT2D eigenvalue weighted by Gasteiger charge is -2.23. The zero-order valence-electron chi connectivity index (χ0n) is 10.4. The minimum atomic E-state index is -0.0165. The fourth-order valence-corrected chi connectivity index (χ4v) is 2.19. The molecular weight excluding hydrogens is 252 g/mol. The first-order chi connectivity index (χ1) is 8.70. The van der Waals surface area contributed by atoms with E-state index in [4.69, 9.17) is 16.3 Å². The Morgan fingerprint density at radius 3 is 3.00 bits per heavy atom. The first-order valence-electron chi connectivity index (χ1n) is 6.23. The predicted octanol–water partition coefficient (Wildman–Crippen LogP) is 2.38. The van der Waals surface area contributed by atoms with Gasteiger partial charge in [-0.3, -0.25) is 4.79 Å². The molecule has 1 amide bonds. The van der Waals surface area contributed by atoms with E-state index in [-0.39, 0.29) is 12.0 Å². The maximum Gasteiger partial charge on any atom is 0.255 e. The Hall–Kier alpha value is -1.13. The minimum absolute atomic E-state index is 0.0165. The Labute approximate surface area is 112 Å². The summed E-state index contributed by atoms with van der Waals surface area (Å²) in [6.45, 7) is 4.09. The van der Waals surface area contributed by atoms with Crippen LogP contribution < -0.4 is 0 Å². The number of ether oxygens (including phenoxy) is 1. The van der Waals surface area contributed by atoms with E-state index >= 15 is 0 Å². The molecule has 5 heteroatoms. The number of aromatic nitrogens is 1. The number of hydrogen-bond donors (Lipinski definition) is 0. The molecule has 1 atom stereocenters. The van der Waals surface area contributed by atoms with Gasteiger partial charge in [0, 0.05) is 25.9 Å². The van der Waals surface area contributed by atoms with Gasteiger partial charge in [0.25, 0.3) is 5.91 Å². The summed E-state index contributed by atoms with van der Waals surface area (Å²) in [4.78, 5) is 18.0. The fourth-order valence-electron chi connectivity index (χ4n) is 2.07. The van der Waals surface area contributed by atoms with E-state index in [9.17, 15) is 4.79 Å². The molecule has 1 saturated heterocycles. The van der Waals surface area contributed by atoms with E-state index in [1.165, 1.54) is 6.20 Å². The Morgan fingerprint density at radius 1 is 1.61 bits per heavy atom. The number of carbonyl (C=O) groups excluding carboxylic acids is 1. The third-order valence-electron chi connectivity index (χ3n) is 3.09. The fraction of sp³-hybridized carbons (Fsp3) is 0.538. The van der Waals surface area contributed by atoms with Gasteiger partial charge in [-0.25, -0.2) is 4.98 Å². The molecule has 0 N–H and O–H groups in total. The van der Waals surface area contributed by atoms with E-state index in [0.717, 1.165) is 19.4 Å². The van der Waals surface area contributed by atoms with Gasteiger partial charge in [-0.1, -0.05) is 11.6 Å². The first kappa shape index (κ1) is 13.3. The predicted molar refractivity (Wildman–Crippen MR) is 69.8 cm³/mol. The van der Waals surface area contributed by atoms with Gasteiger partial charge >= 0.3 is 0 Å². The van der Waals surface area contributed by atoms with Crippen LogP contribution in [0.15, 0.2) is 18.3 Å². The van der Waals surface area contributed by atoms with Crippen molar-refractivity contribution in [3.8, 4) is 0 Å². The van der Waals surface area contributed by atoms with Crippen LogP contribution in [0, 0.1) is 0 Å². The van der Waals surface area contributed by atoms with Crippen molar-refractivity contribution < 1.29 is 9.53 Å². The van der Waals surface area contributed by atoms with Crippen LogP contribution >= 0.6 is 11.6 Å². The lowest BCUT2D eigenvalue weighted by molar-refractivity contribution is 0.0539. The third kappa shape index (κ3) is 3.21. The van der Waals surface area contributed by atoms with Crippen molar-refractivity contribution in [1.29, 1.82) is 0 Å². The second kappa shape index (κ2) is 6.16. The molecule has 1 aromatic rings. The number of nitrogens with zero attached hydrogens (tertiary/aromatic N) is 2. The van der Waals surface area contributed by atoms with Gasteiger partial charge in [0.05, 0.1) is 11.7 Å². The summed E-state index contributed by atoms with van der Waals surface area (Å²) in [6.07, 6.45) is 3.80. The topological polar surface area (TPSA) is 42.4 Å². The van der Waals surface area contributed by atoms with Crippen LogP contribution in [-0.4, -0.2) is 41.6 Å². The normalized spacial score (nSPS) is 18.9. The van der Waals surface area contributed by atoms with Crippen LogP contribution in [0.1, 0.15) is 30.1 Å². The maximum atomic E-state index is 12.3.